The smallest absolute Gasteiger partial charge is 0.340 e. The largest absolute Gasteiger partial charge is 0.464 e. The molecule has 5 nitrogen and oxygen atoms in total. The number of nitriles is 1. The zero-order chi connectivity index (χ0) is 14.7. The lowest BCUT2D eigenvalue weighted by molar-refractivity contribution is 0.0525. The normalized spacial score (nSPS) is 10.1. The highest BCUT2D eigenvalue weighted by atomic mass is 35.5. The van der Waals surface area contributed by atoms with Gasteiger partial charge in [0.15, 0.2) is 0 Å². The van der Waals surface area contributed by atoms with E-state index in [1.807, 2.05) is 6.07 Å². The Morgan fingerprint density at radius 2 is 2.35 bits per heavy atom. The highest BCUT2D eigenvalue weighted by Gasteiger charge is 2.25. The van der Waals surface area contributed by atoms with Crippen molar-refractivity contribution >= 4 is 17.6 Å². The third-order valence-electron chi connectivity index (χ3n) is 2.69. The van der Waals surface area contributed by atoms with Crippen molar-refractivity contribution in [3.8, 4) is 17.4 Å². The fourth-order valence-electron chi connectivity index (χ4n) is 1.89. The molecule has 0 aliphatic rings. The van der Waals surface area contributed by atoms with E-state index in [2.05, 4.69) is 4.98 Å². The molecule has 0 unspecified atom stereocenters. The molecule has 0 saturated carbocycles. The lowest BCUT2D eigenvalue weighted by Crippen LogP contribution is -2.11. The summed E-state index contributed by atoms with van der Waals surface area (Å²) in [6.07, 6.45) is 1.45. The Balaban J connectivity index is 2.79. The van der Waals surface area contributed by atoms with E-state index in [0.29, 0.717) is 17.0 Å². The van der Waals surface area contributed by atoms with Crippen molar-refractivity contribution in [3.05, 3.63) is 40.4 Å². The maximum absolute atomic E-state index is 12.1. The number of aryl methyl sites for hydroxylation is 1. The number of hydrogen-bond acceptors (Lipinski definition) is 5. The van der Waals surface area contributed by atoms with E-state index in [4.69, 9.17) is 20.8 Å². The molecule has 0 fully saturated rings. The van der Waals surface area contributed by atoms with Gasteiger partial charge in [0.05, 0.1) is 29.7 Å². The number of furan rings is 1. The second kappa shape index (κ2) is 5.76. The molecular weight excluding hydrogens is 280 g/mol. The summed E-state index contributed by atoms with van der Waals surface area (Å²) in [7, 11) is 0. The van der Waals surface area contributed by atoms with Crippen molar-refractivity contribution in [3.63, 3.8) is 0 Å². The summed E-state index contributed by atoms with van der Waals surface area (Å²) in [5, 5.41) is 9.29. The lowest BCUT2D eigenvalue weighted by atomic mass is 10.00. The first-order chi connectivity index (χ1) is 9.60. The van der Waals surface area contributed by atoms with Gasteiger partial charge in [-0.1, -0.05) is 11.6 Å². The van der Waals surface area contributed by atoms with Crippen LogP contribution in [0.2, 0.25) is 5.15 Å². The summed E-state index contributed by atoms with van der Waals surface area (Å²) < 4.78 is 10.3. The van der Waals surface area contributed by atoms with Gasteiger partial charge in [-0.2, -0.15) is 5.26 Å². The number of aromatic nitrogens is 1. The third-order valence-corrected chi connectivity index (χ3v) is 2.97. The molecule has 0 aliphatic carbocycles. The molecule has 0 aromatic carbocycles. The quantitative estimate of drug-likeness (QED) is 0.640. The van der Waals surface area contributed by atoms with Crippen LogP contribution in [0.5, 0.6) is 0 Å². The van der Waals surface area contributed by atoms with Crippen LogP contribution >= 0.6 is 11.6 Å². The summed E-state index contributed by atoms with van der Waals surface area (Å²) >= 11 is 5.98. The summed E-state index contributed by atoms with van der Waals surface area (Å²) in [6.45, 7) is 3.56. The molecule has 0 bridgehead atoms. The van der Waals surface area contributed by atoms with Crippen LogP contribution in [0.15, 0.2) is 22.8 Å². The first kappa shape index (κ1) is 14.1. The summed E-state index contributed by atoms with van der Waals surface area (Å²) in [5.41, 5.74) is 0.991. The van der Waals surface area contributed by atoms with Crippen LogP contribution in [-0.4, -0.2) is 17.6 Å². The van der Waals surface area contributed by atoms with Crippen LogP contribution < -0.4 is 0 Å². The number of halogens is 1. The molecular formula is C14H11ClN2O3. The molecule has 0 amide bonds. The van der Waals surface area contributed by atoms with Crippen molar-refractivity contribution in [2.24, 2.45) is 0 Å². The number of hydrogen-bond donors (Lipinski definition) is 0. The highest BCUT2D eigenvalue weighted by Crippen LogP contribution is 2.33. The number of carbonyl (C=O) groups excluding carboxylic acids is 1. The number of carbonyl (C=O) groups is 1. The molecule has 0 aliphatic heterocycles. The Labute approximate surface area is 120 Å². The maximum atomic E-state index is 12.1. The van der Waals surface area contributed by atoms with Crippen molar-refractivity contribution in [2.45, 2.75) is 13.8 Å². The summed E-state index contributed by atoms with van der Waals surface area (Å²) in [4.78, 5) is 16.1. The standard InChI is InChI=1S/C14H11ClN2O3/c1-3-19-14(18)11-8(2)17-13(15)9(7-16)12(11)10-5-4-6-20-10/h4-6H,3H2,1-2H3. The van der Waals surface area contributed by atoms with Gasteiger partial charge >= 0.3 is 5.97 Å². The Morgan fingerprint density at radius 3 is 2.90 bits per heavy atom. The minimum atomic E-state index is -0.558. The van der Waals surface area contributed by atoms with Gasteiger partial charge in [-0.3, -0.25) is 0 Å². The van der Waals surface area contributed by atoms with Gasteiger partial charge in [-0.05, 0) is 26.0 Å². The van der Waals surface area contributed by atoms with Crippen LogP contribution in [0.25, 0.3) is 11.3 Å². The van der Waals surface area contributed by atoms with Gasteiger partial charge < -0.3 is 9.15 Å². The molecule has 102 valence electrons. The number of esters is 1. The zero-order valence-corrected chi connectivity index (χ0v) is 11.7. The molecule has 0 radical (unpaired) electrons. The van der Waals surface area contributed by atoms with Crippen LogP contribution in [-0.2, 0) is 4.74 Å². The fraction of sp³-hybridized carbons (Fsp3) is 0.214. The van der Waals surface area contributed by atoms with Crippen LogP contribution in [0.4, 0.5) is 0 Å². The highest BCUT2D eigenvalue weighted by molar-refractivity contribution is 6.31. The average Bonchev–Trinajstić information content (AvgIpc) is 2.91. The Bertz CT molecular complexity index is 687. The number of pyridine rings is 1. The fourth-order valence-corrected chi connectivity index (χ4v) is 2.15. The monoisotopic (exact) mass is 290 g/mol. The number of ether oxygens (including phenoxy) is 1. The minimum absolute atomic E-state index is 0.0319. The predicted molar refractivity (Wildman–Crippen MR) is 72.4 cm³/mol. The molecule has 0 spiro atoms. The topological polar surface area (TPSA) is 76.1 Å². The van der Waals surface area contributed by atoms with Gasteiger partial charge in [0.25, 0.3) is 0 Å². The molecule has 2 aromatic rings. The first-order valence-corrected chi connectivity index (χ1v) is 6.29. The van der Waals surface area contributed by atoms with E-state index in [1.165, 1.54) is 6.26 Å². The van der Waals surface area contributed by atoms with E-state index in [1.54, 1.807) is 26.0 Å². The van der Waals surface area contributed by atoms with E-state index >= 15 is 0 Å². The number of nitrogens with zero attached hydrogens (tertiary/aromatic N) is 2. The molecule has 0 atom stereocenters. The molecule has 0 saturated heterocycles. The first-order valence-electron chi connectivity index (χ1n) is 5.91. The Hall–Kier alpha value is -2.32. The van der Waals surface area contributed by atoms with Gasteiger partial charge in [-0.25, -0.2) is 9.78 Å². The van der Waals surface area contributed by atoms with Gasteiger partial charge in [0.2, 0.25) is 0 Å². The Morgan fingerprint density at radius 1 is 1.60 bits per heavy atom. The molecule has 20 heavy (non-hydrogen) atoms. The van der Waals surface area contributed by atoms with Crippen LogP contribution in [0.1, 0.15) is 28.5 Å². The zero-order valence-electron chi connectivity index (χ0n) is 10.9. The second-order valence-corrected chi connectivity index (χ2v) is 4.28. The van der Waals surface area contributed by atoms with Crippen molar-refractivity contribution in [1.82, 2.24) is 4.98 Å². The number of rotatable bonds is 3. The second-order valence-electron chi connectivity index (χ2n) is 3.92. The molecule has 2 rings (SSSR count). The predicted octanol–water partition coefficient (Wildman–Crippen LogP) is 3.35. The summed E-state index contributed by atoms with van der Waals surface area (Å²) in [5.74, 6) is -0.186. The molecule has 6 heteroatoms. The van der Waals surface area contributed by atoms with Crippen LogP contribution in [0, 0.1) is 18.3 Å². The van der Waals surface area contributed by atoms with E-state index in [-0.39, 0.29) is 22.9 Å². The maximum Gasteiger partial charge on any atom is 0.340 e. The van der Waals surface area contributed by atoms with Crippen molar-refractivity contribution in [2.75, 3.05) is 6.61 Å². The average molecular weight is 291 g/mol. The van der Waals surface area contributed by atoms with Crippen LogP contribution in [0.3, 0.4) is 0 Å². The molecule has 0 N–H and O–H groups in total. The summed E-state index contributed by atoms with van der Waals surface area (Å²) in [6, 6.07) is 5.26. The van der Waals surface area contributed by atoms with E-state index < -0.39 is 5.97 Å². The van der Waals surface area contributed by atoms with Crippen molar-refractivity contribution < 1.29 is 13.9 Å². The SMILES string of the molecule is CCOC(=O)c1c(C)nc(Cl)c(C#N)c1-c1ccco1. The lowest BCUT2D eigenvalue weighted by Gasteiger charge is -2.12. The van der Waals surface area contributed by atoms with Gasteiger partial charge in [0, 0.05) is 0 Å². The third kappa shape index (κ3) is 2.38. The van der Waals surface area contributed by atoms with Gasteiger partial charge in [-0.15, -0.1) is 0 Å². The Kier molecular flexibility index (Phi) is 4.06. The minimum Gasteiger partial charge on any atom is -0.464 e. The van der Waals surface area contributed by atoms with Crippen molar-refractivity contribution in [1.29, 1.82) is 5.26 Å². The molecule has 2 heterocycles. The van der Waals surface area contributed by atoms with E-state index in [0.717, 1.165) is 0 Å². The van der Waals surface area contributed by atoms with E-state index in [9.17, 15) is 10.1 Å². The van der Waals surface area contributed by atoms with Gasteiger partial charge in [0.1, 0.15) is 22.5 Å². The molecule has 2 aromatic heterocycles.